The average molecular weight is 391 g/mol. The molecule has 142 valence electrons. The molecular weight excluding hydrogens is 375 g/mol. The minimum absolute atomic E-state index is 0.00839. The highest BCUT2D eigenvalue weighted by Crippen LogP contribution is 2.33. The zero-order valence-corrected chi connectivity index (χ0v) is 14.5. The number of alkyl halides is 3. The first-order valence-electron chi connectivity index (χ1n) is 7.59. The van der Waals surface area contributed by atoms with Gasteiger partial charge < -0.3 is 14.0 Å². The molecule has 0 aliphatic carbocycles. The van der Waals surface area contributed by atoms with E-state index in [-0.39, 0.29) is 17.3 Å². The fourth-order valence-corrected chi connectivity index (χ4v) is 3.62. The predicted molar refractivity (Wildman–Crippen MR) is 84.4 cm³/mol. The first-order valence-corrected chi connectivity index (χ1v) is 9.03. The maximum Gasteiger partial charge on any atom is 0.406 e. The summed E-state index contributed by atoms with van der Waals surface area (Å²) < 4.78 is 75.7. The molecule has 3 rings (SSSR count). The summed E-state index contributed by atoms with van der Waals surface area (Å²) in [5, 5.41) is 0. The molecule has 0 saturated heterocycles. The Morgan fingerprint density at radius 3 is 2.62 bits per heavy atom. The summed E-state index contributed by atoms with van der Waals surface area (Å²) in [5.41, 5.74) is 0. The molecule has 2 heterocycles. The van der Waals surface area contributed by atoms with Gasteiger partial charge in [-0.25, -0.2) is 13.4 Å². The molecular formula is C15H16F3N3O4S. The van der Waals surface area contributed by atoms with Crippen LogP contribution >= 0.6 is 0 Å². The third-order valence-corrected chi connectivity index (χ3v) is 5.54. The second-order valence-corrected chi connectivity index (χ2v) is 7.70. The molecule has 0 bridgehead atoms. The number of sulfonamides is 1. The molecule has 26 heavy (non-hydrogen) atoms. The Labute approximate surface area is 148 Å². The van der Waals surface area contributed by atoms with Crippen LogP contribution in [0, 0.1) is 0 Å². The molecule has 1 aliphatic heterocycles. The van der Waals surface area contributed by atoms with Gasteiger partial charge in [-0.05, 0) is 12.1 Å². The van der Waals surface area contributed by atoms with E-state index in [4.69, 9.17) is 9.47 Å². The summed E-state index contributed by atoms with van der Waals surface area (Å²) in [6.07, 6.45) is -2.07. The fourth-order valence-electron chi connectivity index (χ4n) is 2.48. The van der Waals surface area contributed by atoms with Crippen LogP contribution in [0.25, 0.3) is 0 Å². The minimum atomic E-state index is -4.43. The van der Waals surface area contributed by atoms with E-state index in [1.54, 1.807) is 0 Å². The number of rotatable bonds is 5. The summed E-state index contributed by atoms with van der Waals surface area (Å²) in [7, 11) is -2.67. The Bertz CT molecular complexity index is 896. The lowest BCUT2D eigenvalue weighted by Crippen LogP contribution is -2.29. The SMILES string of the molecule is CN(Cc1nccn1CC(F)(F)F)S(=O)(=O)c1ccc2c(c1)OCCO2. The average Bonchev–Trinajstić information content (AvgIpc) is 2.99. The highest BCUT2D eigenvalue weighted by Gasteiger charge is 2.30. The largest absolute Gasteiger partial charge is 0.486 e. The predicted octanol–water partition coefficient (Wildman–Crippen LogP) is 2.04. The number of nitrogens with zero attached hydrogens (tertiary/aromatic N) is 3. The van der Waals surface area contributed by atoms with Gasteiger partial charge in [-0.1, -0.05) is 0 Å². The van der Waals surface area contributed by atoms with Crippen LogP contribution in [0.15, 0.2) is 35.5 Å². The second kappa shape index (κ2) is 6.80. The molecule has 0 atom stereocenters. The molecule has 0 N–H and O–H groups in total. The number of hydrogen-bond donors (Lipinski definition) is 0. The van der Waals surface area contributed by atoms with E-state index in [1.807, 2.05) is 0 Å². The Kier molecular flexibility index (Phi) is 4.84. The number of hydrogen-bond acceptors (Lipinski definition) is 5. The molecule has 11 heteroatoms. The van der Waals surface area contributed by atoms with Crippen LogP contribution in [0.1, 0.15) is 5.82 Å². The van der Waals surface area contributed by atoms with Crippen molar-refractivity contribution in [1.29, 1.82) is 0 Å². The summed E-state index contributed by atoms with van der Waals surface area (Å²) in [5.74, 6) is 0.744. The lowest BCUT2D eigenvalue weighted by molar-refractivity contribution is -0.141. The van der Waals surface area contributed by atoms with Crippen LogP contribution in [0.2, 0.25) is 0 Å². The lowest BCUT2D eigenvalue weighted by atomic mass is 10.3. The van der Waals surface area contributed by atoms with Crippen LogP contribution in [0.4, 0.5) is 13.2 Å². The van der Waals surface area contributed by atoms with Gasteiger partial charge in [0.15, 0.2) is 11.5 Å². The molecule has 0 saturated carbocycles. The van der Waals surface area contributed by atoms with Gasteiger partial charge in [-0.2, -0.15) is 17.5 Å². The standard InChI is InChI=1S/C15H16F3N3O4S/c1-20(9-14-19-4-5-21(14)10-15(16,17)18)26(22,23)11-2-3-12-13(8-11)25-7-6-24-12/h2-5,8H,6-7,9-10H2,1H3. The maximum atomic E-state index is 12.7. The van der Waals surface area contributed by atoms with Gasteiger partial charge in [0, 0.05) is 25.5 Å². The van der Waals surface area contributed by atoms with Gasteiger partial charge in [0.05, 0.1) is 11.4 Å². The molecule has 2 aromatic rings. The highest BCUT2D eigenvalue weighted by molar-refractivity contribution is 7.89. The molecule has 0 fully saturated rings. The zero-order chi connectivity index (χ0) is 18.9. The number of aromatic nitrogens is 2. The Morgan fingerprint density at radius 1 is 1.23 bits per heavy atom. The normalized spacial score (nSPS) is 14.7. The Morgan fingerprint density at radius 2 is 1.92 bits per heavy atom. The first kappa shape index (κ1) is 18.5. The Balaban J connectivity index is 1.81. The summed E-state index contributed by atoms with van der Waals surface area (Å²) in [6, 6.07) is 4.18. The quantitative estimate of drug-likeness (QED) is 0.780. The van der Waals surface area contributed by atoms with E-state index < -0.39 is 22.7 Å². The van der Waals surface area contributed by atoms with Crippen LogP contribution in [0.5, 0.6) is 11.5 Å². The number of halogens is 3. The van der Waals surface area contributed by atoms with Gasteiger partial charge in [-0.15, -0.1) is 0 Å². The van der Waals surface area contributed by atoms with Gasteiger partial charge in [0.1, 0.15) is 25.6 Å². The van der Waals surface area contributed by atoms with Gasteiger partial charge in [0.25, 0.3) is 0 Å². The van der Waals surface area contributed by atoms with Crippen molar-refractivity contribution < 1.29 is 31.1 Å². The van der Waals surface area contributed by atoms with E-state index in [1.165, 1.54) is 31.4 Å². The molecule has 0 radical (unpaired) electrons. The number of fused-ring (bicyclic) bond motifs is 1. The van der Waals surface area contributed by atoms with Crippen molar-refractivity contribution in [3.63, 3.8) is 0 Å². The van der Waals surface area contributed by atoms with Crippen molar-refractivity contribution in [3.8, 4) is 11.5 Å². The van der Waals surface area contributed by atoms with Gasteiger partial charge >= 0.3 is 6.18 Å². The van der Waals surface area contributed by atoms with Crippen molar-refractivity contribution >= 4 is 10.0 Å². The van der Waals surface area contributed by atoms with Crippen LogP contribution < -0.4 is 9.47 Å². The van der Waals surface area contributed by atoms with Crippen molar-refractivity contribution in [2.75, 3.05) is 20.3 Å². The van der Waals surface area contributed by atoms with Crippen molar-refractivity contribution in [2.24, 2.45) is 0 Å². The van der Waals surface area contributed by atoms with E-state index in [2.05, 4.69) is 4.98 Å². The molecule has 0 amide bonds. The molecule has 1 aromatic heterocycles. The van der Waals surface area contributed by atoms with Crippen molar-refractivity contribution in [3.05, 3.63) is 36.4 Å². The Hall–Kier alpha value is -2.27. The smallest absolute Gasteiger partial charge is 0.406 e. The van der Waals surface area contributed by atoms with E-state index in [0.29, 0.717) is 24.7 Å². The second-order valence-electron chi connectivity index (χ2n) is 5.65. The van der Waals surface area contributed by atoms with E-state index >= 15 is 0 Å². The molecule has 1 aromatic carbocycles. The molecule has 1 aliphatic rings. The van der Waals surface area contributed by atoms with Gasteiger partial charge in [0.2, 0.25) is 10.0 Å². The number of benzene rings is 1. The van der Waals surface area contributed by atoms with E-state index in [9.17, 15) is 21.6 Å². The minimum Gasteiger partial charge on any atom is -0.486 e. The van der Waals surface area contributed by atoms with Crippen molar-refractivity contribution in [2.45, 2.75) is 24.2 Å². The third kappa shape index (κ3) is 3.93. The van der Waals surface area contributed by atoms with Gasteiger partial charge in [-0.3, -0.25) is 0 Å². The summed E-state index contributed by atoms with van der Waals surface area (Å²) >= 11 is 0. The topological polar surface area (TPSA) is 73.7 Å². The lowest BCUT2D eigenvalue weighted by Gasteiger charge is -2.21. The van der Waals surface area contributed by atoms with Crippen molar-refractivity contribution in [1.82, 2.24) is 13.9 Å². The monoisotopic (exact) mass is 391 g/mol. The van der Waals surface area contributed by atoms with E-state index in [0.717, 1.165) is 15.1 Å². The number of ether oxygens (including phenoxy) is 2. The highest BCUT2D eigenvalue weighted by atomic mass is 32.2. The van der Waals surface area contributed by atoms with Crippen LogP contribution in [-0.4, -0.2) is 48.7 Å². The summed E-state index contributed by atoms with van der Waals surface area (Å²) in [4.78, 5) is 3.79. The third-order valence-electron chi connectivity index (χ3n) is 3.74. The molecule has 7 nitrogen and oxygen atoms in total. The van der Waals surface area contributed by atoms with Crippen LogP contribution in [0.3, 0.4) is 0 Å². The zero-order valence-electron chi connectivity index (χ0n) is 13.7. The molecule has 0 unspecified atom stereocenters. The number of imidazole rings is 1. The molecule has 0 spiro atoms. The fraction of sp³-hybridized carbons (Fsp3) is 0.400. The first-order chi connectivity index (χ1) is 12.2. The van der Waals surface area contributed by atoms with Crippen LogP contribution in [-0.2, 0) is 23.1 Å². The summed E-state index contributed by atoms with van der Waals surface area (Å²) in [6.45, 7) is -0.859. The maximum absolute atomic E-state index is 12.7.